The van der Waals surface area contributed by atoms with Crippen molar-refractivity contribution in [3.63, 3.8) is 0 Å². The number of carbonyl (C=O) groups excluding carboxylic acids is 1. The van der Waals surface area contributed by atoms with Gasteiger partial charge in [0.15, 0.2) is 0 Å². The zero-order valence-corrected chi connectivity index (χ0v) is 13.6. The summed E-state index contributed by atoms with van der Waals surface area (Å²) in [4.78, 5) is 13.5. The lowest BCUT2D eigenvalue weighted by atomic mass is 10.1. The van der Waals surface area contributed by atoms with Crippen molar-refractivity contribution in [2.45, 2.75) is 11.8 Å². The van der Waals surface area contributed by atoms with E-state index in [4.69, 9.17) is 5.73 Å². The second-order valence-electron chi connectivity index (χ2n) is 4.35. The van der Waals surface area contributed by atoms with Crippen molar-refractivity contribution in [3.8, 4) is 0 Å². The third-order valence-corrected chi connectivity index (χ3v) is 4.21. The molecule has 0 aliphatic carbocycles. The highest BCUT2D eigenvalue weighted by Gasteiger charge is 2.12. The number of amides is 1. The van der Waals surface area contributed by atoms with Crippen LogP contribution in [0.25, 0.3) is 0 Å². The second kappa shape index (κ2) is 6.33. The minimum absolute atomic E-state index is 0.160. The van der Waals surface area contributed by atoms with Crippen LogP contribution in [0.4, 0.5) is 11.4 Å². The van der Waals surface area contributed by atoms with Gasteiger partial charge >= 0.3 is 0 Å². The molecular weight excluding hydrogens is 336 g/mol. The van der Waals surface area contributed by atoms with Gasteiger partial charge in [-0.25, -0.2) is 0 Å². The Kier molecular flexibility index (Phi) is 4.73. The molecule has 20 heavy (non-hydrogen) atoms. The minimum atomic E-state index is -0.160. The maximum Gasteiger partial charge on any atom is 0.256 e. The summed E-state index contributed by atoms with van der Waals surface area (Å²) in [5.74, 6) is -0.160. The quantitative estimate of drug-likeness (QED) is 0.640. The lowest BCUT2D eigenvalue weighted by molar-refractivity contribution is 0.102. The molecule has 0 spiro atoms. The normalized spacial score (nSPS) is 10.3. The van der Waals surface area contributed by atoms with Crippen LogP contribution in [0.5, 0.6) is 0 Å². The molecule has 5 heteroatoms. The van der Waals surface area contributed by atoms with Crippen molar-refractivity contribution in [3.05, 3.63) is 52.0 Å². The number of anilines is 2. The summed E-state index contributed by atoms with van der Waals surface area (Å²) in [7, 11) is 0. The molecule has 0 radical (unpaired) electrons. The topological polar surface area (TPSA) is 55.1 Å². The molecule has 0 aliphatic heterocycles. The molecule has 2 aromatic rings. The average Bonchev–Trinajstić information content (AvgIpc) is 2.43. The van der Waals surface area contributed by atoms with Gasteiger partial charge in [-0.3, -0.25) is 4.79 Å². The van der Waals surface area contributed by atoms with Gasteiger partial charge in [0.1, 0.15) is 0 Å². The predicted molar refractivity (Wildman–Crippen MR) is 89.5 cm³/mol. The van der Waals surface area contributed by atoms with Crippen LogP contribution in [-0.4, -0.2) is 12.2 Å². The number of carbonyl (C=O) groups is 1. The van der Waals surface area contributed by atoms with E-state index in [0.29, 0.717) is 11.3 Å². The molecule has 2 rings (SSSR count). The average molecular weight is 351 g/mol. The third-order valence-electron chi connectivity index (χ3n) is 3.01. The molecule has 0 bridgehead atoms. The Morgan fingerprint density at radius 2 is 1.90 bits per heavy atom. The van der Waals surface area contributed by atoms with Gasteiger partial charge in [-0.1, -0.05) is 15.9 Å². The minimum Gasteiger partial charge on any atom is -0.398 e. The van der Waals surface area contributed by atoms with Gasteiger partial charge in [-0.15, -0.1) is 11.8 Å². The Balaban J connectivity index is 2.23. The smallest absolute Gasteiger partial charge is 0.256 e. The zero-order chi connectivity index (χ0) is 14.7. The molecule has 3 N–H and O–H groups in total. The van der Waals surface area contributed by atoms with Crippen molar-refractivity contribution in [2.75, 3.05) is 17.3 Å². The molecule has 0 saturated carbocycles. The molecule has 104 valence electrons. The van der Waals surface area contributed by atoms with Crippen LogP contribution in [0, 0.1) is 6.92 Å². The summed E-state index contributed by atoms with van der Waals surface area (Å²) < 4.78 is 0.795. The number of hydrogen-bond acceptors (Lipinski definition) is 3. The summed E-state index contributed by atoms with van der Waals surface area (Å²) >= 11 is 5.02. The first kappa shape index (κ1) is 14.9. The van der Waals surface area contributed by atoms with Crippen molar-refractivity contribution < 1.29 is 4.79 Å². The first-order valence-corrected chi connectivity index (χ1v) is 8.04. The monoisotopic (exact) mass is 350 g/mol. The van der Waals surface area contributed by atoms with Gasteiger partial charge in [-0.05, 0) is 55.1 Å². The van der Waals surface area contributed by atoms with Crippen LogP contribution >= 0.6 is 27.7 Å². The van der Waals surface area contributed by atoms with Crippen LogP contribution in [-0.2, 0) is 0 Å². The summed E-state index contributed by atoms with van der Waals surface area (Å²) in [6, 6.07) is 11.3. The molecule has 3 nitrogen and oxygen atoms in total. The van der Waals surface area contributed by atoms with E-state index < -0.39 is 0 Å². The standard InChI is InChI=1S/C15H15BrN2OS/c1-9-13(7-10(16)8-14(9)17)15(19)18-11-3-5-12(20-2)6-4-11/h3-8H,17H2,1-2H3,(H,18,19). The highest BCUT2D eigenvalue weighted by Crippen LogP contribution is 2.24. The summed E-state index contributed by atoms with van der Waals surface area (Å²) in [5, 5.41) is 2.88. The van der Waals surface area contributed by atoms with Crippen LogP contribution in [0.15, 0.2) is 45.8 Å². The Morgan fingerprint density at radius 3 is 2.50 bits per heavy atom. The largest absolute Gasteiger partial charge is 0.398 e. The van der Waals surface area contributed by atoms with Gasteiger partial charge in [0.25, 0.3) is 5.91 Å². The van der Waals surface area contributed by atoms with Gasteiger partial charge in [0, 0.05) is 26.3 Å². The fourth-order valence-corrected chi connectivity index (χ4v) is 2.69. The number of nitrogen functional groups attached to an aromatic ring is 1. The molecule has 1 amide bonds. The van der Waals surface area contributed by atoms with Gasteiger partial charge < -0.3 is 11.1 Å². The molecule has 0 atom stereocenters. The van der Waals surface area contributed by atoms with E-state index >= 15 is 0 Å². The Bertz CT molecular complexity index is 641. The van der Waals surface area contributed by atoms with E-state index in [2.05, 4.69) is 21.2 Å². The number of halogens is 1. The van der Waals surface area contributed by atoms with Crippen LogP contribution in [0.1, 0.15) is 15.9 Å². The fourth-order valence-electron chi connectivity index (χ4n) is 1.81. The molecule has 0 aromatic heterocycles. The maximum absolute atomic E-state index is 12.3. The summed E-state index contributed by atoms with van der Waals surface area (Å²) in [5.41, 5.74) is 8.60. The molecule has 0 heterocycles. The van der Waals surface area contributed by atoms with Crippen LogP contribution < -0.4 is 11.1 Å². The molecule has 0 saturated heterocycles. The van der Waals surface area contributed by atoms with E-state index in [1.807, 2.05) is 37.4 Å². The number of benzene rings is 2. The lowest BCUT2D eigenvalue weighted by Crippen LogP contribution is -2.14. The maximum atomic E-state index is 12.3. The van der Waals surface area contributed by atoms with Gasteiger partial charge in [-0.2, -0.15) is 0 Å². The Hall–Kier alpha value is -1.46. The molecule has 0 aliphatic rings. The third kappa shape index (κ3) is 3.35. The van der Waals surface area contributed by atoms with Crippen molar-refractivity contribution in [1.82, 2.24) is 0 Å². The fraction of sp³-hybridized carbons (Fsp3) is 0.133. The molecule has 0 unspecified atom stereocenters. The number of nitrogens with two attached hydrogens (primary N) is 1. The SMILES string of the molecule is CSc1ccc(NC(=O)c2cc(Br)cc(N)c2C)cc1. The van der Waals surface area contributed by atoms with Crippen molar-refractivity contribution in [2.24, 2.45) is 0 Å². The van der Waals surface area contributed by atoms with Gasteiger partial charge in [0.05, 0.1) is 0 Å². The number of rotatable bonds is 3. The predicted octanol–water partition coefficient (Wildman–Crippen LogP) is 4.31. The molecular formula is C15H15BrN2OS. The van der Waals surface area contributed by atoms with E-state index in [-0.39, 0.29) is 5.91 Å². The zero-order valence-electron chi connectivity index (χ0n) is 11.2. The molecule has 2 aromatic carbocycles. The Morgan fingerprint density at radius 1 is 1.25 bits per heavy atom. The summed E-state index contributed by atoms with van der Waals surface area (Å²) in [6.07, 6.45) is 2.02. The highest BCUT2D eigenvalue weighted by molar-refractivity contribution is 9.10. The first-order chi connectivity index (χ1) is 9.51. The summed E-state index contributed by atoms with van der Waals surface area (Å²) in [6.45, 7) is 1.84. The number of hydrogen-bond donors (Lipinski definition) is 2. The van der Waals surface area contributed by atoms with Crippen LogP contribution in [0.2, 0.25) is 0 Å². The van der Waals surface area contributed by atoms with E-state index in [1.165, 1.54) is 0 Å². The van der Waals surface area contributed by atoms with Gasteiger partial charge in [0.2, 0.25) is 0 Å². The van der Waals surface area contributed by atoms with E-state index in [0.717, 1.165) is 20.6 Å². The first-order valence-electron chi connectivity index (χ1n) is 6.02. The van der Waals surface area contributed by atoms with E-state index in [1.54, 1.807) is 23.9 Å². The van der Waals surface area contributed by atoms with Crippen LogP contribution in [0.3, 0.4) is 0 Å². The Labute approximate surface area is 131 Å². The number of nitrogens with one attached hydrogen (secondary N) is 1. The lowest BCUT2D eigenvalue weighted by Gasteiger charge is -2.10. The van der Waals surface area contributed by atoms with Crippen molar-refractivity contribution >= 4 is 45.0 Å². The van der Waals surface area contributed by atoms with E-state index in [9.17, 15) is 4.79 Å². The number of thioether (sulfide) groups is 1. The molecule has 0 fully saturated rings. The van der Waals surface area contributed by atoms with Crippen molar-refractivity contribution in [1.29, 1.82) is 0 Å². The second-order valence-corrected chi connectivity index (χ2v) is 6.15. The highest BCUT2D eigenvalue weighted by atomic mass is 79.9.